The number of thioether (sulfide) groups is 1. The Balaban J connectivity index is 1.65. The van der Waals surface area contributed by atoms with Gasteiger partial charge in [-0.3, -0.25) is 9.69 Å². The van der Waals surface area contributed by atoms with Crippen LogP contribution in [0.1, 0.15) is 47.5 Å². The molecule has 0 radical (unpaired) electrons. The third kappa shape index (κ3) is 5.49. The van der Waals surface area contributed by atoms with Gasteiger partial charge in [-0.25, -0.2) is 9.78 Å². The van der Waals surface area contributed by atoms with E-state index >= 15 is 0 Å². The summed E-state index contributed by atoms with van der Waals surface area (Å²) in [6, 6.07) is 5.25. The molecule has 2 amide bonds. The van der Waals surface area contributed by atoms with Gasteiger partial charge in [0.05, 0.1) is 17.3 Å². The van der Waals surface area contributed by atoms with Gasteiger partial charge in [0.15, 0.2) is 4.34 Å². The molecule has 0 bridgehead atoms. The Kier molecular flexibility index (Phi) is 7.60. The number of likely N-dealkylation sites (tertiary alicyclic amines) is 1. The summed E-state index contributed by atoms with van der Waals surface area (Å²) in [6.07, 6.45) is 0.675. The summed E-state index contributed by atoms with van der Waals surface area (Å²) in [6.45, 7) is 10.6. The van der Waals surface area contributed by atoms with Crippen molar-refractivity contribution in [2.45, 2.75) is 68.6 Å². The molecule has 1 aromatic heterocycles. The standard InChI is InChI=1S/C23H33N3O4S2/c1-14(2)19(26(22(28)29)23(3,4)5)20(27)25-11-9-16(10-12-25)31-21-24-17-13-15(30-6)7-8-18(17)32-21/h7-8,13-14,16,19H,9-12H2,1-6H3,(H,28,29)/t19-/m0/s1. The molecule has 0 aliphatic carbocycles. The van der Waals surface area contributed by atoms with Crippen LogP contribution in [0.4, 0.5) is 4.79 Å². The molecule has 1 N–H and O–H groups in total. The Morgan fingerprint density at radius 1 is 1.28 bits per heavy atom. The van der Waals surface area contributed by atoms with Gasteiger partial charge in [-0.1, -0.05) is 25.6 Å². The largest absolute Gasteiger partial charge is 0.497 e. The van der Waals surface area contributed by atoms with Crippen molar-refractivity contribution in [3.8, 4) is 5.75 Å². The van der Waals surface area contributed by atoms with E-state index in [0.717, 1.165) is 33.1 Å². The minimum Gasteiger partial charge on any atom is -0.497 e. The van der Waals surface area contributed by atoms with Gasteiger partial charge in [-0.2, -0.15) is 0 Å². The molecule has 1 atom stereocenters. The first kappa shape index (κ1) is 24.6. The summed E-state index contributed by atoms with van der Waals surface area (Å²) in [5, 5.41) is 10.2. The minimum atomic E-state index is -1.05. The molecule has 0 saturated carbocycles. The van der Waals surface area contributed by atoms with Crippen LogP contribution in [0, 0.1) is 5.92 Å². The predicted octanol–water partition coefficient (Wildman–Crippen LogP) is 5.19. The second-order valence-electron chi connectivity index (χ2n) is 9.47. The first-order valence-corrected chi connectivity index (χ1v) is 12.6. The third-order valence-corrected chi connectivity index (χ3v) is 8.16. The second kappa shape index (κ2) is 9.87. The molecule has 176 valence electrons. The number of carboxylic acid groups (broad SMARTS) is 1. The quantitative estimate of drug-likeness (QED) is 0.614. The van der Waals surface area contributed by atoms with Crippen molar-refractivity contribution < 1.29 is 19.4 Å². The number of nitrogens with zero attached hydrogens (tertiary/aromatic N) is 3. The van der Waals surface area contributed by atoms with Gasteiger partial charge in [-0.15, -0.1) is 11.3 Å². The fourth-order valence-electron chi connectivity index (χ4n) is 4.10. The number of amides is 2. The molecule has 0 spiro atoms. The van der Waals surface area contributed by atoms with Crippen LogP contribution in [0.5, 0.6) is 5.75 Å². The number of aromatic nitrogens is 1. The zero-order valence-electron chi connectivity index (χ0n) is 19.6. The highest BCUT2D eigenvalue weighted by atomic mass is 32.2. The van der Waals surface area contributed by atoms with E-state index in [9.17, 15) is 14.7 Å². The summed E-state index contributed by atoms with van der Waals surface area (Å²) < 4.78 is 7.45. The molecular formula is C23H33N3O4S2. The Morgan fingerprint density at radius 2 is 1.94 bits per heavy atom. The zero-order valence-corrected chi connectivity index (χ0v) is 21.3. The topological polar surface area (TPSA) is 83.0 Å². The highest BCUT2D eigenvalue weighted by Crippen LogP contribution is 2.37. The average Bonchev–Trinajstić information content (AvgIpc) is 3.11. The van der Waals surface area contributed by atoms with E-state index in [1.807, 2.05) is 57.7 Å². The number of carbonyl (C=O) groups is 2. The van der Waals surface area contributed by atoms with Crippen molar-refractivity contribution in [1.29, 1.82) is 0 Å². The molecule has 1 aliphatic heterocycles. The number of piperidine rings is 1. The normalized spacial score (nSPS) is 16.4. The second-order valence-corrected chi connectivity index (χ2v) is 12.0. The van der Waals surface area contributed by atoms with Crippen molar-refractivity contribution in [2.75, 3.05) is 20.2 Å². The van der Waals surface area contributed by atoms with Gasteiger partial charge in [-0.05, 0) is 51.7 Å². The smallest absolute Gasteiger partial charge is 0.408 e. The Labute approximate surface area is 198 Å². The molecule has 1 saturated heterocycles. The Morgan fingerprint density at radius 3 is 2.47 bits per heavy atom. The summed E-state index contributed by atoms with van der Waals surface area (Å²) in [5.41, 5.74) is 0.292. The molecule has 0 unspecified atom stereocenters. The van der Waals surface area contributed by atoms with E-state index in [1.165, 1.54) is 4.90 Å². The van der Waals surface area contributed by atoms with Crippen molar-refractivity contribution in [2.24, 2.45) is 5.92 Å². The molecule has 7 nitrogen and oxygen atoms in total. The van der Waals surface area contributed by atoms with E-state index < -0.39 is 17.7 Å². The molecule has 3 rings (SSSR count). The number of hydrogen-bond acceptors (Lipinski definition) is 6. The highest BCUT2D eigenvalue weighted by Gasteiger charge is 2.41. The number of rotatable bonds is 6. The van der Waals surface area contributed by atoms with Crippen LogP contribution < -0.4 is 4.74 Å². The summed E-state index contributed by atoms with van der Waals surface area (Å²) in [5.74, 6) is 0.606. The van der Waals surface area contributed by atoms with E-state index in [1.54, 1.807) is 30.2 Å². The lowest BCUT2D eigenvalue weighted by Gasteiger charge is -2.43. The fourth-order valence-corrected chi connectivity index (χ4v) is 6.53. The molecule has 32 heavy (non-hydrogen) atoms. The Hall–Kier alpha value is -2.00. The van der Waals surface area contributed by atoms with Gasteiger partial charge >= 0.3 is 6.09 Å². The summed E-state index contributed by atoms with van der Waals surface area (Å²) in [7, 11) is 1.65. The SMILES string of the molecule is COc1ccc2sc(SC3CCN(C(=O)[C@H](C(C)C)N(C(=O)O)C(C)(C)C)CC3)nc2c1. The molecule has 9 heteroatoms. The lowest BCUT2D eigenvalue weighted by atomic mass is 9.94. The van der Waals surface area contributed by atoms with Crippen LogP contribution in [-0.4, -0.2) is 68.9 Å². The first-order valence-electron chi connectivity index (χ1n) is 10.9. The van der Waals surface area contributed by atoms with Gasteiger partial charge < -0.3 is 14.7 Å². The molecule has 1 aromatic carbocycles. The van der Waals surface area contributed by atoms with E-state index in [4.69, 9.17) is 9.72 Å². The van der Waals surface area contributed by atoms with Crippen molar-refractivity contribution in [3.05, 3.63) is 18.2 Å². The Bertz CT molecular complexity index is 962. The molecule has 1 fully saturated rings. The van der Waals surface area contributed by atoms with Crippen LogP contribution in [0.2, 0.25) is 0 Å². The maximum Gasteiger partial charge on any atom is 0.408 e. The molecule has 2 aromatic rings. The number of ether oxygens (including phenoxy) is 1. The van der Waals surface area contributed by atoms with E-state index in [0.29, 0.717) is 18.3 Å². The van der Waals surface area contributed by atoms with Crippen LogP contribution in [0.3, 0.4) is 0 Å². The highest BCUT2D eigenvalue weighted by molar-refractivity contribution is 8.01. The third-order valence-electron chi connectivity index (χ3n) is 5.69. The van der Waals surface area contributed by atoms with Gasteiger partial charge in [0.25, 0.3) is 0 Å². The van der Waals surface area contributed by atoms with Crippen LogP contribution in [-0.2, 0) is 4.79 Å². The summed E-state index contributed by atoms with van der Waals surface area (Å²) >= 11 is 3.45. The lowest BCUT2D eigenvalue weighted by molar-refractivity contribution is -0.140. The monoisotopic (exact) mass is 479 g/mol. The van der Waals surface area contributed by atoms with Gasteiger partial charge in [0, 0.05) is 29.9 Å². The summed E-state index contributed by atoms with van der Waals surface area (Å²) in [4.78, 5) is 33.2. The van der Waals surface area contributed by atoms with E-state index in [2.05, 4.69) is 0 Å². The number of fused-ring (bicyclic) bond motifs is 1. The molecule has 1 aliphatic rings. The van der Waals surface area contributed by atoms with Crippen molar-refractivity contribution in [3.63, 3.8) is 0 Å². The number of hydrogen-bond donors (Lipinski definition) is 1. The maximum absolute atomic E-state index is 13.4. The maximum atomic E-state index is 13.4. The number of benzene rings is 1. The number of carbonyl (C=O) groups excluding carboxylic acids is 1. The van der Waals surface area contributed by atoms with Gasteiger partial charge in [0.2, 0.25) is 5.91 Å². The van der Waals surface area contributed by atoms with Crippen LogP contribution in [0.25, 0.3) is 10.2 Å². The van der Waals surface area contributed by atoms with Gasteiger partial charge in [0.1, 0.15) is 11.8 Å². The van der Waals surface area contributed by atoms with Crippen molar-refractivity contribution >= 4 is 45.3 Å². The molecule has 2 heterocycles. The van der Waals surface area contributed by atoms with Crippen molar-refractivity contribution in [1.82, 2.24) is 14.8 Å². The molecular weight excluding hydrogens is 446 g/mol. The van der Waals surface area contributed by atoms with E-state index in [-0.39, 0.29) is 11.8 Å². The van der Waals surface area contributed by atoms with Crippen LogP contribution >= 0.6 is 23.1 Å². The lowest BCUT2D eigenvalue weighted by Crippen LogP contribution is -2.60. The predicted molar refractivity (Wildman–Crippen MR) is 130 cm³/mol. The number of methoxy groups -OCH3 is 1. The zero-order chi connectivity index (χ0) is 23.6. The first-order chi connectivity index (χ1) is 15.0. The van der Waals surface area contributed by atoms with Crippen LogP contribution in [0.15, 0.2) is 22.5 Å². The minimum absolute atomic E-state index is 0.0899. The fraction of sp³-hybridized carbons (Fsp3) is 0.609. The number of thiazole rings is 1. The average molecular weight is 480 g/mol.